The van der Waals surface area contributed by atoms with E-state index in [-0.39, 0.29) is 10.5 Å². The lowest BCUT2D eigenvalue weighted by Crippen LogP contribution is -2.06. The zero-order valence-corrected chi connectivity index (χ0v) is 7.51. The van der Waals surface area contributed by atoms with Gasteiger partial charge in [0.05, 0.1) is 5.56 Å². The first kappa shape index (κ1) is 10.4. The van der Waals surface area contributed by atoms with Crippen LogP contribution in [0.2, 0.25) is 0 Å². The average Bonchev–Trinajstić information content (AvgIpc) is 1.97. The van der Waals surface area contributed by atoms with Crippen LogP contribution in [0.1, 0.15) is 11.1 Å². The minimum absolute atomic E-state index is 0.0557. The maximum absolute atomic E-state index is 12.9. The molecule has 0 fully saturated rings. The monoisotopic (exact) mass is 210 g/mol. The summed E-state index contributed by atoms with van der Waals surface area (Å²) in [6.07, 6.45) is -4.45. The summed E-state index contributed by atoms with van der Waals surface area (Å²) in [6, 6.07) is 1.43. The summed E-state index contributed by atoms with van der Waals surface area (Å²) in [5.41, 5.74) is -0.934. The number of aryl methyl sites for hydroxylation is 1. The second-order valence-corrected chi connectivity index (χ2v) is 3.11. The molecule has 0 radical (unpaired) electrons. The van der Waals surface area contributed by atoms with E-state index in [1.807, 2.05) is 0 Å². The van der Waals surface area contributed by atoms with Crippen molar-refractivity contribution in [3.8, 4) is 0 Å². The summed E-state index contributed by atoms with van der Waals surface area (Å²) in [4.78, 5) is -0.285. The fraction of sp³-hybridized carbons (Fsp3) is 0.250. The molecule has 1 aromatic rings. The van der Waals surface area contributed by atoms with Gasteiger partial charge in [0.25, 0.3) is 0 Å². The molecule has 0 heterocycles. The lowest BCUT2D eigenvalue weighted by Gasteiger charge is -2.09. The number of thiol groups is 1. The van der Waals surface area contributed by atoms with Crippen LogP contribution in [-0.4, -0.2) is 0 Å². The van der Waals surface area contributed by atoms with Gasteiger partial charge in [-0.1, -0.05) is 0 Å². The van der Waals surface area contributed by atoms with Gasteiger partial charge in [0.15, 0.2) is 0 Å². The highest BCUT2D eigenvalue weighted by Gasteiger charge is 2.31. The molecule has 0 aliphatic heterocycles. The van der Waals surface area contributed by atoms with E-state index in [1.54, 1.807) is 0 Å². The Balaban J connectivity index is 3.29. The van der Waals surface area contributed by atoms with Crippen LogP contribution in [0.25, 0.3) is 0 Å². The van der Waals surface area contributed by atoms with E-state index in [4.69, 9.17) is 0 Å². The molecule has 1 rings (SSSR count). The van der Waals surface area contributed by atoms with Crippen LogP contribution in [0.4, 0.5) is 17.6 Å². The largest absolute Gasteiger partial charge is 0.416 e. The summed E-state index contributed by atoms with van der Waals surface area (Å²) in [6.45, 7) is 1.27. The molecule has 0 nitrogen and oxygen atoms in total. The first-order chi connectivity index (χ1) is 5.82. The third-order valence-corrected chi connectivity index (χ3v) is 1.89. The van der Waals surface area contributed by atoms with Gasteiger partial charge in [0.1, 0.15) is 5.82 Å². The molecule has 0 saturated heterocycles. The second-order valence-electron chi connectivity index (χ2n) is 2.62. The highest BCUT2D eigenvalue weighted by molar-refractivity contribution is 7.80. The number of benzene rings is 1. The Morgan fingerprint density at radius 3 is 2.15 bits per heavy atom. The highest BCUT2D eigenvalue weighted by Crippen LogP contribution is 2.32. The van der Waals surface area contributed by atoms with E-state index in [1.165, 1.54) is 6.92 Å². The average molecular weight is 210 g/mol. The molecule has 1 aromatic carbocycles. The Bertz CT molecular complexity index is 306. The second kappa shape index (κ2) is 3.21. The van der Waals surface area contributed by atoms with Crippen molar-refractivity contribution in [3.63, 3.8) is 0 Å². The minimum atomic E-state index is -4.45. The molecule has 0 amide bonds. The van der Waals surface area contributed by atoms with Crippen molar-refractivity contribution in [2.24, 2.45) is 0 Å². The number of hydrogen-bond donors (Lipinski definition) is 1. The molecule has 72 valence electrons. The summed E-state index contributed by atoms with van der Waals surface area (Å²) in [7, 11) is 0. The third kappa shape index (κ3) is 2.15. The molecular formula is C8H6F4S. The molecule has 0 N–H and O–H groups in total. The molecule has 0 bridgehead atoms. The molecule has 0 aromatic heterocycles. The van der Waals surface area contributed by atoms with E-state index in [0.717, 1.165) is 6.07 Å². The van der Waals surface area contributed by atoms with E-state index in [0.29, 0.717) is 6.07 Å². The summed E-state index contributed by atoms with van der Waals surface area (Å²) >= 11 is 3.59. The molecule has 13 heavy (non-hydrogen) atoms. The van der Waals surface area contributed by atoms with Crippen molar-refractivity contribution >= 4 is 12.6 Å². The van der Waals surface area contributed by atoms with Crippen LogP contribution in [0, 0.1) is 12.7 Å². The zero-order chi connectivity index (χ0) is 10.2. The Labute approximate surface area is 78.0 Å². The van der Waals surface area contributed by atoms with Gasteiger partial charge in [-0.2, -0.15) is 13.2 Å². The molecule has 0 spiro atoms. The number of rotatable bonds is 0. The number of hydrogen-bond acceptors (Lipinski definition) is 1. The molecular weight excluding hydrogens is 204 g/mol. The fourth-order valence-corrected chi connectivity index (χ4v) is 1.23. The van der Waals surface area contributed by atoms with Crippen LogP contribution in [0.15, 0.2) is 17.0 Å². The van der Waals surface area contributed by atoms with Crippen molar-refractivity contribution in [2.75, 3.05) is 0 Å². The maximum Gasteiger partial charge on any atom is 0.416 e. The van der Waals surface area contributed by atoms with Gasteiger partial charge < -0.3 is 0 Å². The third-order valence-electron chi connectivity index (χ3n) is 1.56. The van der Waals surface area contributed by atoms with Gasteiger partial charge in [-0.05, 0) is 24.6 Å². The van der Waals surface area contributed by atoms with Crippen LogP contribution in [0.3, 0.4) is 0 Å². The van der Waals surface area contributed by atoms with Gasteiger partial charge in [0, 0.05) is 4.90 Å². The standard InChI is InChI=1S/C8H6F4S/c1-4-2-5(8(10,11)12)3-6(13)7(4)9/h2-3,13H,1H3. The topological polar surface area (TPSA) is 0 Å². The Hall–Kier alpha value is -0.710. The van der Waals surface area contributed by atoms with Crippen molar-refractivity contribution in [1.82, 2.24) is 0 Å². The van der Waals surface area contributed by atoms with Crippen molar-refractivity contribution in [2.45, 2.75) is 18.0 Å². The normalized spacial score (nSPS) is 11.8. The van der Waals surface area contributed by atoms with E-state index in [9.17, 15) is 17.6 Å². The van der Waals surface area contributed by atoms with Gasteiger partial charge in [0.2, 0.25) is 0 Å². The minimum Gasteiger partial charge on any atom is -0.205 e. The summed E-state index contributed by atoms with van der Waals surface area (Å²) in [5, 5.41) is 0. The number of alkyl halides is 3. The Morgan fingerprint density at radius 1 is 1.23 bits per heavy atom. The van der Waals surface area contributed by atoms with Gasteiger partial charge in [-0.3, -0.25) is 0 Å². The van der Waals surface area contributed by atoms with Crippen molar-refractivity contribution in [3.05, 3.63) is 29.1 Å². The predicted molar refractivity (Wildman–Crippen MR) is 43.4 cm³/mol. The Morgan fingerprint density at radius 2 is 1.77 bits per heavy atom. The van der Waals surface area contributed by atoms with Gasteiger partial charge in [-0.15, -0.1) is 12.6 Å². The SMILES string of the molecule is Cc1cc(C(F)(F)F)cc(S)c1F. The number of halogens is 4. The van der Waals surface area contributed by atoms with Crippen LogP contribution >= 0.6 is 12.6 Å². The highest BCUT2D eigenvalue weighted by atomic mass is 32.1. The predicted octanol–water partition coefficient (Wildman–Crippen LogP) is 3.44. The Kier molecular flexibility index (Phi) is 2.56. The van der Waals surface area contributed by atoms with E-state index in [2.05, 4.69) is 12.6 Å². The quantitative estimate of drug-likeness (QED) is 0.492. The molecule has 0 unspecified atom stereocenters. The summed E-state index contributed by atoms with van der Waals surface area (Å²) in [5.74, 6) is -0.712. The molecule has 5 heteroatoms. The molecule has 0 aliphatic rings. The lowest BCUT2D eigenvalue weighted by atomic mass is 10.1. The molecule has 0 saturated carbocycles. The van der Waals surface area contributed by atoms with Crippen LogP contribution in [-0.2, 0) is 6.18 Å². The van der Waals surface area contributed by atoms with Crippen LogP contribution < -0.4 is 0 Å². The fourth-order valence-electron chi connectivity index (χ4n) is 0.915. The molecule has 0 atom stereocenters. The lowest BCUT2D eigenvalue weighted by molar-refractivity contribution is -0.137. The van der Waals surface area contributed by atoms with Crippen molar-refractivity contribution < 1.29 is 17.6 Å². The van der Waals surface area contributed by atoms with Crippen molar-refractivity contribution in [1.29, 1.82) is 0 Å². The maximum atomic E-state index is 12.9. The van der Waals surface area contributed by atoms with Gasteiger partial charge >= 0.3 is 6.18 Å². The zero-order valence-electron chi connectivity index (χ0n) is 6.61. The first-order valence-corrected chi connectivity index (χ1v) is 3.83. The molecule has 0 aliphatic carbocycles. The summed E-state index contributed by atoms with van der Waals surface area (Å²) < 4.78 is 49.2. The first-order valence-electron chi connectivity index (χ1n) is 3.38. The van der Waals surface area contributed by atoms with Gasteiger partial charge in [-0.25, -0.2) is 4.39 Å². The van der Waals surface area contributed by atoms with Crippen LogP contribution in [0.5, 0.6) is 0 Å². The smallest absolute Gasteiger partial charge is 0.205 e. The van der Waals surface area contributed by atoms with E-state index < -0.39 is 17.6 Å². The van der Waals surface area contributed by atoms with E-state index >= 15 is 0 Å².